The lowest BCUT2D eigenvalue weighted by atomic mass is 10.1. The fourth-order valence-electron chi connectivity index (χ4n) is 2.04. The summed E-state index contributed by atoms with van der Waals surface area (Å²) in [5.41, 5.74) is 8.04. The summed E-state index contributed by atoms with van der Waals surface area (Å²) in [4.78, 5) is 14.4. The van der Waals surface area contributed by atoms with Gasteiger partial charge in [0.25, 0.3) is 5.91 Å². The van der Waals surface area contributed by atoms with Crippen LogP contribution >= 0.6 is 11.6 Å². The summed E-state index contributed by atoms with van der Waals surface area (Å²) in [6.07, 6.45) is 0. The van der Waals surface area contributed by atoms with Crippen molar-refractivity contribution >= 4 is 34.6 Å². The molecule has 2 aromatic rings. The maximum atomic E-state index is 12.6. The van der Waals surface area contributed by atoms with Crippen molar-refractivity contribution in [1.29, 1.82) is 0 Å². The van der Waals surface area contributed by atoms with Crippen LogP contribution in [0.4, 0.5) is 17.1 Å². The quantitative estimate of drug-likeness (QED) is 0.849. The summed E-state index contributed by atoms with van der Waals surface area (Å²) >= 11 is 6.11. The highest BCUT2D eigenvalue weighted by atomic mass is 35.5. The van der Waals surface area contributed by atoms with Gasteiger partial charge in [-0.1, -0.05) is 11.6 Å². The highest BCUT2D eigenvalue weighted by molar-refractivity contribution is 6.34. The lowest BCUT2D eigenvalue weighted by Gasteiger charge is -2.18. The van der Waals surface area contributed by atoms with E-state index in [1.165, 1.54) is 0 Å². The zero-order chi connectivity index (χ0) is 16.3. The molecule has 2 rings (SSSR count). The van der Waals surface area contributed by atoms with Crippen molar-refractivity contribution in [1.82, 2.24) is 0 Å². The number of benzene rings is 2. The number of nitrogens with zero attached hydrogens (tertiary/aromatic N) is 1. The van der Waals surface area contributed by atoms with Gasteiger partial charge in [-0.05, 0) is 30.3 Å². The Labute approximate surface area is 134 Å². The van der Waals surface area contributed by atoms with Crippen LogP contribution in [0, 0.1) is 0 Å². The van der Waals surface area contributed by atoms with E-state index in [9.17, 15) is 4.79 Å². The van der Waals surface area contributed by atoms with Gasteiger partial charge in [-0.15, -0.1) is 0 Å². The van der Waals surface area contributed by atoms with E-state index >= 15 is 0 Å². The molecule has 6 heteroatoms. The smallest absolute Gasteiger partial charge is 0.257 e. The maximum absolute atomic E-state index is 12.6. The third kappa shape index (κ3) is 3.43. The lowest BCUT2D eigenvalue weighted by Crippen LogP contribution is -2.19. The van der Waals surface area contributed by atoms with Crippen LogP contribution in [-0.2, 0) is 0 Å². The Morgan fingerprint density at radius 1 is 1.23 bits per heavy atom. The van der Waals surface area contributed by atoms with Crippen LogP contribution in [0.15, 0.2) is 36.4 Å². The number of carbonyl (C=O) groups excluding carboxylic acids is 1. The van der Waals surface area contributed by atoms with Crippen LogP contribution in [0.2, 0.25) is 5.02 Å². The van der Waals surface area contributed by atoms with Crippen molar-refractivity contribution in [3.8, 4) is 5.75 Å². The van der Waals surface area contributed by atoms with Crippen LogP contribution in [-0.4, -0.2) is 27.1 Å². The Hall–Kier alpha value is -2.40. The lowest BCUT2D eigenvalue weighted by molar-refractivity contribution is 0.102. The van der Waals surface area contributed by atoms with E-state index in [2.05, 4.69) is 5.32 Å². The molecule has 0 unspecified atom stereocenters. The Bertz CT molecular complexity index is 702. The van der Waals surface area contributed by atoms with Gasteiger partial charge in [-0.25, -0.2) is 0 Å². The van der Waals surface area contributed by atoms with E-state index in [1.54, 1.807) is 43.5 Å². The SMILES string of the molecule is COc1ccc(Cl)c(NC(=O)c2cc(N)ccc2N(C)C)c1. The Kier molecular flexibility index (Phi) is 4.78. The fraction of sp³-hybridized carbons (Fsp3) is 0.188. The molecular formula is C16H18ClN3O2. The van der Waals surface area contributed by atoms with Gasteiger partial charge in [0.15, 0.2) is 0 Å². The van der Waals surface area contributed by atoms with Crippen LogP contribution in [0.5, 0.6) is 5.75 Å². The van der Waals surface area contributed by atoms with Crippen molar-refractivity contribution in [2.75, 3.05) is 37.2 Å². The van der Waals surface area contributed by atoms with Crippen LogP contribution in [0.1, 0.15) is 10.4 Å². The molecule has 0 atom stereocenters. The molecule has 0 saturated heterocycles. The number of rotatable bonds is 4. The molecule has 22 heavy (non-hydrogen) atoms. The second-order valence-corrected chi connectivity index (χ2v) is 5.38. The number of halogens is 1. The molecule has 0 aliphatic carbocycles. The molecule has 1 amide bonds. The number of carbonyl (C=O) groups is 1. The first-order valence-corrected chi connectivity index (χ1v) is 7.02. The van der Waals surface area contributed by atoms with E-state index in [1.807, 2.05) is 19.0 Å². The summed E-state index contributed by atoms with van der Waals surface area (Å²) in [6.45, 7) is 0. The minimum absolute atomic E-state index is 0.286. The predicted octanol–water partition coefficient (Wildman–Crippen LogP) is 3.25. The van der Waals surface area contributed by atoms with Gasteiger partial charge in [-0.3, -0.25) is 4.79 Å². The molecule has 0 radical (unpaired) electrons. The molecule has 116 valence electrons. The molecule has 0 bridgehead atoms. The number of methoxy groups -OCH3 is 1. The summed E-state index contributed by atoms with van der Waals surface area (Å²) < 4.78 is 5.14. The minimum Gasteiger partial charge on any atom is -0.497 e. The van der Waals surface area contributed by atoms with Gasteiger partial charge in [0.1, 0.15) is 5.75 Å². The van der Waals surface area contributed by atoms with E-state index in [4.69, 9.17) is 22.1 Å². The number of nitrogens with one attached hydrogen (secondary N) is 1. The normalized spacial score (nSPS) is 10.2. The van der Waals surface area contributed by atoms with Gasteiger partial charge in [-0.2, -0.15) is 0 Å². The van der Waals surface area contributed by atoms with Crippen LogP contribution < -0.4 is 20.7 Å². The zero-order valence-corrected chi connectivity index (χ0v) is 13.4. The summed E-state index contributed by atoms with van der Waals surface area (Å²) in [5, 5.41) is 3.23. The Morgan fingerprint density at radius 2 is 1.95 bits per heavy atom. The molecule has 2 aromatic carbocycles. The van der Waals surface area contributed by atoms with Crippen molar-refractivity contribution in [3.05, 3.63) is 47.0 Å². The van der Waals surface area contributed by atoms with Gasteiger partial charge in [0, 0.05) is 31.5 Å². The molecule has 0 saturated carbocycles. The van der Waals surface area contributed by atoms with E-state index in [-0.39, 0.29) is 5.91 Å². The second kappa shape index (κ2) is 6.58. The third-order valence-electron chi connectivity index (χ3n) is 3.17. The average Bonchev–Trinajstić information content (AvgIpc) is 2.49. The molecule has 3 N–H and O–H groups in total. The van der Waals surface area contributed by atoms with Gasteiger partial charge >= 0.3 is 0 Å². The summed E-state index contributed by atoms with van der Waals surface area (Å²) in [5.74, 6) is 0.325. The molecule has 5 nitrogen and oxygen atoms in total. The third-order valence-corrected chi connectivity index (χ3v) is 3.50. The highest BCUT2D eigenvalue weighted by Gasteiger charge is 2.15. The zero-order valence-electron chi connectivity index (χ0n) is 12.7. The number of anilines is 3. The standard InChI is InChI=1S/C16H18ClN3O2/c1-20(2)15-7-4-10(18)8-12(15)16(21)19-14-9-11(22-3)5-6-13(14)17/h4-9H,18H2,1-3H3,(H,19,21). The molecular weight excluding hydrogens is 302 g/mol. The van der Waals surface area contributed by atoms with Gasteiger partial charge in [0.05, 0.1) is 23.4 Å². The van der Waals surface area contributed by atoms with E-state index in [0.29, 0.717) is 27.7 Å². The number of nitrogen functional groups attached to an aromatic ring is 1. The van der Waals surface area contributed by atoms with E-state index in [0.717, 1.165) is 5.69 Å². The summed E-state index contributed by atoms with van der Waals surface area (Å²) in [6, 6.07) is 10.3. The van der Waals surface area contributed by atoms with Crippen molar-refractivity contribution < 1.29 is 9.53 Å². The second-order valence-electron chi connectivity index (χ2n) is 4.97. The first kappa shape index (κ1) is 16.0. The van der Waals surface area contributed by atoms with E-state index < -0.39 is 0 Å². The number of ether oxygens (including phenoxy) is 1. The van der Waals surface area contributed by atoms with Gasteiger partial charge in [0.2, 0.25) is 0 Å². The molecule has 0 aliphatic heterocycles. The number of nitrogens with two attached hydrogens (primary N) is 1. The number of hydrogen-bond donors (Lipinski definition) is 2. The first-order chi connectivity index (χ1) is 10.4. The maximum Gasteiger partial charge on any atom is 0.257 e. The van der Waals surface area contributed by atoms with Gasteiger partial charge < -0.3 is 20.7 Å². The Balaban J connectivity index is 2.35. The molecule has 0 fully saturated rings. The topological polar surface area (TPSA) is 67.6 Å². The predicted molar refractivity (Wildman–Crippen MR) is 91.1 cm³/mol. The highest BCUT2D eigenvalue weighted by Crippen LogP contribution is 2.28. The average molecular weight is 320 g/mol. The minimum atomic E-state index is -0.286. The van der Waals surface area contributed by atoms with Crippen LogP contribution in [0.25, 0.3) is 0 Å². The molecule has 0 spiro atoms. The fourth-order valence-corrected chi connectivity index (χ4v) is 2.21. The first-order valence-electron chi connectivity index (χ1n) is 6.64. The number of hydrogen-bond acceptors (Lipinski definition) is 4. The largest absolute Gasteiger partial charge is 0.497 e. The molecule has 0 heterocycles. The van der Waals surface area contributed by atoms with Crippen LogP contribution in [0.3, 0.4) is 0 Å². The van der Waals surface area contributed by atoms with Crippen molar-refractivity contribution in [2.45, 2.75) is 0 Å². The monoisotopic (exact) mass is 319 g/mol. The van der Waals surface area contributed by atoms with Crippen molar-refractivity contribution in [2.24, 2.45) is 0 Å². The summed E-state index contributed by atoms with van der Waals surface area (Å²) in [7, 11) is 5.28. The Morgan fingerprint density at radius 3 is 2.59 bits per heavy atom. The number of amides is 1. The van der Waals surface area contributed by atoms with Crippen molar-refractivity contribution in [3.63, 3.8) is 0 Å². The molecule has 0 aromatic heterocycles. The molecule has 0 aliphatic rings.